The fourth-order valence-corrected chi connectivity index (χ4v) is 1.36. The van der Waals surface area contributed by atoms with E-state index in [0.29, 0.717) is 11.4 Å². The largest absolute Gasteiger partial charge is 0.410 e. The maximum atomic E-state index is 8.98. The van der Waals surface area contributed by atoms with Gasteiger partial charge < -0.3 is 5.21 Å². The second-order valence-electron chi connectivity index (χ2n) is 3.03. The minimum absolute atomic E-state index is 0.483. The Morgan fingerprint density at radius 1 is 1.00 bits per heavy atom. The van der Waals surface area contributed by atoms with Crippen LogP contribution in [0.1, 0.15) is 11.3 Å². The molecule has 0 aliphatic heterocycles. The summed E-state index contributed by atoms with van der Waals surface area (Å²) in [5.74, 6) is 0. The van der Waals surface area contributed by atoms with Crippen molar-refractivity contribution >= 4 is 5.71 Å². The second kappa shape index (κ2) is 4.37. The van der Waals surface area contributed by atoms with Crippen molar-refractivity contribution in [1.82, 2.24) is 4.98 Å². The van der Waals surface area contributed by atoms with Crippen molar-refractivity contribution in [2.24, 2.45) is 5.16 Å². The predicted octanol–water partition coefficient (Wildman–Crippen LogP) is 2.31. The number of pyridine rings is 1. The molecule has 74 valence electrons. The van der Waals surface area contributed by atoms with Gasteiger partial charge in [0.15, 0.2) is 0 Å². The number of benzene rings is 1. The van der Waals surface area contributed by atoms with Crippen LogP contribution >= 0.6 is 0 Å². The minimum atomic E-state index is 0.483. The highest BCUT2D eigenvalue weighted by molar-refractivity contribution is 6.11. The van der Waals surface area contributed by atoms with Crippen LogP contribution in [0.15, 0.2) is 59.9 Å². The van der Waals surface area contributed by atoms with Gasteiger partial charge in [-0.25, -0.2) is 0 Å². The van der Waals surface area contributed by atoms with Crippen LogP contribution in [-0.4, -0.2) is 15.9 Å². The summed E-state index contributed by atoms with van der Waals surface area (Å²) in [7, 11) is 0. The van der Waals surface area contributed by atoms with Gasteiger partial charge in [0.2, 0.25) is 0 Å². The zero-order valence-corrected chi connectivity index (χ0v) is 8.04. The van der Waals surface area contributed by atoms with Gasteiger partial charge in [-0.1, -0.05) is 41.6 Å². The van der Waals surface area contributed by atoms with Gasteiger partial charge in [-0.2, -0.15) is 0 Å². The van der Waals surface area contributed by atoms with Crippen LogP contribution in [0.3, 0.4) is 0 Å². The Labute approximate surface area is 87.7 Å². The number of hydrogen-bond donors (Lipinski definition) is 1. The van der Waals surface area contributed by atoms with Gasteiger partial charge in [0.1, 0.15) is 5.71 Å². The van der Waals surface area contributed by atoms with E-state index in [9.17, 15) is 0 Å². The van der Waals surface area contributed by atoms with E-state index in [1.54, 1.807) is 6.20 Å². The Kier molecular flexibility index (Phi) is 2.74. The van der Waals surface area contributed by atoms with Crippen molar-refractivity contribution in [2.45, 2.75) is 0 Å². The number of rotatable bonds is 2. The van der Waals surface area contributed by atoms with E-state index in [1.807, 2.05) is 48.5 Å². The molecule has 0 saturated carbocycles. The first-order chi connectivity index (χ1) is 7.42. The molecule has 0 saturated heterocycles. The molecule has 0 atom stereocenters. The topological polar surface area (TPSA) is 45.5 Å². The molecule has 15 heavy (non-hydrogen) atoms. The molecule has 0 fully saturated rings. The third kappa shape index (κ3) is 2.02. The lowest BCUT2D eigenvalue weighted by molar-refractivity contribution is 0.319. The fraction of sp³-hybridized carbons (Fsp3) is 0. The van der Waals surface area contributed by atoms with E-state index in [0.717, 1.165) is 5.56 Å². The SMILES string of the molecule is ON=C(c1ccccc1)c1ccccn1. The maximum absolute atomic E-state index is 8.98. The van der Waals surface area contributed by atoms with Crippen LogP contribution in [0.5, 0.6) is 0 Å². The van der Waals surface area contributed by atoms with Crippen LogP contribution in [0.2, 0.25) is 0 Å². The molecule has 0 amide bonds. The summed E-state index contributed by atoms with van der Waals surface area (Å²) in [6, 6.07) is 14.9. The van der Waals surface area contributed by atoms with E-state index in [4.69, 9.17) is 5.21 Å². The lowest BCUT2D eigenvalue weighted by Gasteiger charge is -2.02. The van der Waals surface area contributed by atoms with E-state index < -0.39 is 0 Å². The van der Waals surface area contributed by atoms with Gasteiger partial charge >= 0.3 is 0 Å². The number of aromatic nitrogens is 1. The summed E-state index contributed by atoms with van der Waals surface area (Å²) in [6.45, 7) is 0. The van der Waals surface area contributed by atoms with Crippen molar-refractivity contribution in [2.75, 3.05) is 0 Å². The van der Waals surface area contributed by atoms with Crippen molar-refractivity contribution in [3.05, 3.63) is 66.0 Å². The molecular formula is C12H10N2O. The van der Waals surface area contributed by atoms with Gasteiger partial charge in [0.05, 0.1) is 5.69 Å². The average molecular weight is 198 g/mol. The molecule has 0 unspecified atom stereocenters. The summed E-state index contributed by atoms with van der Waals surface area (Å²) in [4.78, 5) is 4.14. The molecule has 1 N–H and O–H groups in total. The lowest BCUT2D eigenvalue weighted by atomic mass is 10.1. The summed E-state index contributed by atoms with van der Waals surface area (Å²) in [5.41, 5.74) is 1.99. The Hall–Kier alpha value is -2.16. The second-order valence-corrected chi connectivity index (χ2v) is 3.03. The molecule has 0 radical (unpaired) electrons. The van der Waals surface area contributed by atoms with Crippen molar-refractivity contribution in [3.63, 3.8) is 0 Å². The fourth-order valence-electron chi connectivity index (χ4n) is 1.36. The molecule has 1 aromatic heterocycles. The summed E-state index contributed by atoms with van der Waals surface area (Å²) < 4.78 is 0. The number of oxime groups is 1. The smallest absolute Gasteiger partial charge is 0.135 e. The molecule has 3 heteroatoms. The first-order valence-corrected chi connectivity index (χ1v) is 4.60. The van der Waals surface area contributed by atoms with Crippen molar-refractivity contribution < 1.29 is 5.21 Å². The molecule has 1 heterocycles. The first-order valence-electron chi connectivity index (χ1n) is 4.60. The van der Waals surface area contributed by atoms with E-state index in [-0.39, 0.29) is 0 Å². The molecular weight excluding hydrogens is 188 g/mol. The van der Waals surface area contributed by atoms with Crippen molar-refractivity contribution in [3.8, 4) is 0 Å². The highest BCUT2D eigenvalue weighted by Gasteiger charge is 2.07. The standard InChI is InChI=1S/C12H10N2O/c15-14-12(10-6-2-1-3-7-10)11-8-4-5-9-13-11/h1-9,15H. The zero-order valence-electron chi connectivity index (χ0n) is 8.04. The normalized spacial score (nSPS) is 11.3. The molecule has 2 rings (SSSR count). The predicted molar refractivity (Wildman–Crippen MR) is 58.1 cm³/mol. The van der Waals surface area contributed by atoms with Gasteiger partial charge in [0, 0.05) is 11.8 Å². The quantitative estimate of drug-likeness (QED) is 0.457. The van der Waals surface area contributed by atoms with Crippen LogP contribution in [0, 0.1) is 0 Å². The molecule has 2 aromatic rings. The summed E-state index contributed by atoms with van der Waals surface area (Å²) in [5, 5.41) is 12.3. The highest BCUT2D eigenvalue weighted by atomic mass is 16.4. The van der Waals surface area contributed by atoms with E-state index in [2.05, 4.69) is 10.1 Å². The Bertz CT molecular complexity index is 410. The third-order valence-electron chi connectivity index (χ3n) is 2.05. The van der Waals surface area contributed by atoms with Gasteiger partial charge in [-0.3, -0.25) is 4.98 Å². The first kappa shape index (κ1) is 9.40. The molecule has 3 nitrogen and oxygen atoms in total. The van der Waals surface area contributed by atoms with Gasteiger partial charge in [-0.05, 0) is 12.1 Å². The Morgan fingerprint density at radius 3 is 2.33 bits per heavy atom. The van der Waals surface area contributed by atoms with Crippen LogP contribution in [-0.2, 0) is 0 Å². The summed E-state index contributed by atoms with van der Waals surface area (Å²) in [6.07, 6.45) is 1.67. The maximum Gasteiger partial charge on any atom is 0.135 e. The number of hydrogen-bond acceptors (Lipinski definition) is 3. The molecule has 0 bridgehead atoms. The molecule has 0 spiro atoms. The zero-order chi connectivity index (χ0) is 10.5. The Morgan fingerprint density at radius 2 is 1.73 bits per heavy atom. The monoisotopic (exact) mass is 198 g/mol. The lowest BCUT2D eigenvalue weighted by Crippen LogP contribution is -2.04. The third-order valence-corrected chi connectivity index (χ3v) is 2.05. The van der Waals surface area contributed by atoms with Crippen LogP contribution in [0.25, 0.3) is 0 Å². The summed E-state index contributed by atoms with van der Waals surface area (Å²) >= 11 is 0. The molecule has 0 aliphatic rings. The number of nitrogens with zero attached hydrogens (tertiary/aromatic N) is 2. The minimum Gasteiger partial charge on any atom is -0.410 e. The van der Waals surface area contributed by atoms with E-state index >= 15 is 0 Å². The van der Waals surface area contributed by atoms with E-state index in [1.165, 1.54) is 0 Å². The van der Waals surface area contributed by atoms with Crippen LogP contribution < -0.4 is 0 Å². The molecule has 0 aliphatic carbocycles. The van der Waals surface area contributed by atoms with Crippen molar-refractivity contribution in [1.29, 1.82) is 0 Å². The highest BCUT2D eigenvalue weighted by Crippen LogP contribution is 2.07. The average Bonchev–Trinajstić information content (AvgIpc) is 2.33. The van der Waals surface area contributed by atoms with Gasteiger partial charge in [-0.15, -0.1) is 0 Å². The Balaban J connectivity index is 2.44. The van der Waals surface area contributed by atoms with Gasteiger partial charge in [0.25, 0.3) is 0 Å². The van der Waals surface area contributed by atoms with Crippen LogP contribution in [0.4, 0.5) is 0 Å². The molecule has 1 aromatic carbocycles.